The molecule has 568 valence electrons. The van der Waals surface area contributed by atoms with E-state index in [4.69, 9.17) is 37.0 Å². The van der Waals surface area contributed by atoms with Gasteiger partial charge < -0.3 is 33.8 Å². The Morgan fingerprint density at radius 3 is 0.847 bits per heavy atom. The molecule has 0 bridgehead atoms. The third-order valence-corrected chi connectivity index (χ3v) is 18.2. The average Bonchev–Trinajstić information content (AvgIpc) is 1.04. The van der Waals surface area contributed by atoms with Crippen LogP contribution in [0.2, 0.25) is 0 Å². The molecular formula is C79H140O17P2. The molecule has 0 radical (unpaired) electrons. The number of phosphoric acid groups is 2. The maximum atomic E-state index is 13.1. The van der Waals surface area contributed by atoms with E-state index in [0.29, 0.717) is 25.7 Å². The molecule has 19 heteroatoms. The molecule has 0 aliphatic heterocycles. The van der Waals surface area contributed by atoms with Gasteiger partial charge in [-0.15, -0.1) is 0 Å². The molecule has 0 saturated heterocycles. The van der Waals surface area contributed by atoms with Gasteiger partial charge in [0, 0.05) is 25.7 Å². The van der Waals surface area contributed by atoms with Gasteiger partial charge in [0.2, 0.25) is 0 Å². The van der Waals surface area contributed by atoms with Crippen molar-refractivity contribution in [3.63, 3.8) is 0 Å². The highest BCUT2D eigenvalue weighted by Crippen LogP contribution is 2.45. The summed E-state index contributed by atoms with van der Waals surface area (Å²) in [5.41, 5.74) is 0. The number of aliphatic hydroxyl groups excluding tert-OH is 1. The van der Waals surface area contributed by atoms with Gasteiger partial charge in [-0.2, -0.15) is 0 Å². The summed E-state index contributed by atoms with van der Waals surface area (Å²) in [7, 11) is -9.96. The number of rotatable bonds is 73. The first kappa shape index (κ1) is 94.2. The number of carbonyl (C=O) groups is 4. The highest BCUT2D eigenvalue weighted by molar-refractivity contribution is 7.47. The number of unbranched alkanes of at least 4 members (excludes halogenated alkanes) is 34. The average molecular weight is 1420 g/mol. The summed E-state index contributed by atoms with van der Waals surface area (Å²) in [6.07, 6.45) is 72.7. The van der Waals surface area contributed by atoms with Crippen molar-refractivity contribution in [3.05, 3.63) is 85.1 Å². The third-order valence-electron chi connectivity index (χ3n) is 16.3. The molecular weight excluding hydrogens is 1280 g/mol. The van der Waals surface area contributed by atoms with Crippen molar-refractivity contribution in [2.75, 3.05) is 39.6 Å². The summed E-state index contributed by atoms with van der Waals surface area (Å²) in [6, 6.07) is 0. The molecule has 0 aromatic rings. The van der Waals surface area contributed by atoms with E-state index in [0.717, 1.165) is 167 Å². The number of hydrogen-bond donors (Lipinski definition) is 3. The van der Waals surface area contributed by atoms with Crippen molar-refractivity contribution in [2.45, 2.75) is 354 Å². The van der Waals surface area contributed by atoms with Crippen molar-refractivity contribution in [1.29, 1.82) is 0 Å². The predicted octanol–water partition coefficient (Wildman–Crippen LogP) is 22.2. The highest BCUT2D eigenvalue weighted by atomic mass is 31.2. The van der Waals surface area contributed by atoms with E-state index >= 15 is 0 Å². The van der Waals surface area contributed by atoms with Gasteiger partial charge in [-0.05, 0) is 141 Å². The fourth-order valence-corrected chi connectivity index (χ4v) is 11.9. The quantitative estimate of drug-likeness (QED) is 0.0128. The largest absolute Gasteiger partial charge is 0.472 e. The van der Waals surface area contributed by atoms with Gasteiger partial charge in [0.05, 0.1) is 26.4 Å². The van der Waals surface area contributed by atoms with Gasteiger partial charge in [0.25, 0.3) is 0 Å². The maximum Gasteiger partial charge on any atom is 0.472 e. The number of ether oxygens (including phenoxy) is 4. The van der Waals surface area contributed by atoms with Gasteiger partial charge in [0.1, 0.15) is 19.3 Å². The second-order valence-corrected chi connectivity index (χ2v) is 28.9. The van der Waals surface area contributed by atoms with Crippen LogP contribution in [0.15, 0.2) is 85.1 Å². The predicted molar refractivity (Wildman–Crippen MR) is 399 cm³/mol. The van der Waals surface area contributed by atoms with Gasteiger partial charge in [0.15, 0.2) is 12.2 Å². The van der Waals surface area contributed by atoms with Crippen LogP contribution >= 0.6 is 15.6 Å². The third kappa shape index (κ3) is 70.7. The van der Waals surface area contributed by atoms with Gasteiger partial charge in [-0.3, -0.25) is 37.3 Å². The van der Waals surface area contributed by atoms with Gasteiger partial charge >= 0.3 is 39.5 Å². The normalized spacial score (nSPS) is 14.4. The van der Waals surface area contributed by atoms with Gasteiger partial charge in [-0.1, -0.05) is 254 Å². The molecule has 17 nitrogen and oxygen atoms in total. The van der Waals surface area contributed by atoms with Crippen molar-refractivity contribution in [1.82, 2.24) is 0 Å². The summed E-state index contributed by atoms with van der Waals surface area (Å²) < 4.78 is 68.5. The molecule has 0 amide bonds. The van der Waals surface area contributed by atoms with Crippen LogP contribution in [0.3, 0.4) is 0 Å². The van der Waals surface area contributed by atoms with E-state index in [2.05, 4.69) is 113 Å². The monoisotopic (exact) mass is 1420 g/mol. The van der Waals surface area contributed by atoms with E-state index in [-0.39, 0.29) is 25.7 Å². The Balaban J connectivity index is 5.38. The molecule has 0 aromatic heterocycles. The standard InChI is InChI=1S/C79H140O17P2/c1-5-9-13-17-21-25-29-33-36-40-44-48-52-56-60-64-77(82)90-70-75(96-79(84)66-62-58-54-50-46-42-38-35-31-27-23-19-15-11-7-3)72-94-98(87,88)92-68-73(80)67-91-97(85,86)93-71-74(69-89-76(81)63-59-55-51-47-43-39-32-28-24-20-16-12-8-4)95-78(83)65-61-57-53-49-45-41-37-34-30-26-22-18-14-10-6-2/h22-23,25-29,32-38,73-75,80H,5-21,24,30-31,39-72H2,1-4H3,(H,85,86)(H,87,88)/b26-22-,27-23-,29-25-,32-28-,36-33-,37-34-,38-35-/t73-,74+,75+/m0/s1. The Morgan fingerprint density at radius 1 is 0.296 bits per heavy atom. The molecule has 2 unspecified atom stereocenters. The number of allylic oxidation sites excluding steroid dienone is 14. The summed E-state index contributed by atoms with van der Waals surface area (Å²) in [6.45, 7) is 4.76. The van der Waals surface area contributed by atoms with Crippen LogP contribution in [0.1, 0.15) is 336 Å². The fraction of sp³-hybridized carbons (Fsp3) is 0.772. The molecule has 0 heterocycles. The molecule has 0 rings (SSSR count). The van der Waals surface area contributed by atoms with Crippen LogP contribution in [0.25, 0.3) is 0 Å². The van der Waals surface area contributed by atoms with E-state index in [1.807, 2.05) is 0 Å². The van der Waals surface area contributed by atoms with Crippen LogP contribution in [-0.2, 0) is 65.4 Å². The zero-order valence-electron chi connectivity index (χ0n) is 62.0. The molecule has 3 N–H and O–H groups in total. The lowest BCUT2D eigenvalue weighted by Gasteiger charge is -2.21. The van der Waals surface area contributed by atoms with Crippen LogP contribution in [0.4, 0.5) is 0 Å². The topological polar surface area (TPSA) is 237 Å². The first-order valence-corrected chi connectivity index (χ1v) is 41.8. The van der Waals surface area contributed by atoms with Crippen molar-refractivity contribution in [3.8, 4) is 0 Å². The summed E-state index contributed by atoms with van der Waals surface area (Å²) in [4.78, 5) is 72.9. The van der Waals surface area contributed by atoms with Gasteiger partial charge in [-0.25, -0.2) is 9.13 Å². The fourth-order valence-electron chi connectivity index (χ4n) is 10.3. The molecule has 0 aliphatic carbocycles. The molecule has 0 saturated carbocycles. The Labute approximate surface area is 595 Å². The van der Waals surface area contributed by atoms with Crippen LogP contribution in [-0.4, -0.2) is 96.7 Å². The summed E-state index contributed by atoms with van der Waals surface area (Å²) >= 11 is 0. The Bertz CT molecular complexity index is 2190. The molecule has 5 atom stereocenters. The number of hydrogen-bond acceptors (Lipinski definition) is 15. The van der Waals surface area contributed by atoms with Crippen molar-refractivity contribution >= 4 is 39.5 Å². The Hall–Kier alpha value is -3.76. The number of esters is 4. The minimum atomic E-state index is -4.98. The summed E-state index contributed by atoms with van der Waals surface area (Å²) in [5.74, 6) is -2.22. The zero-order chi connectivity index (χ0) is 71.8. The molecule has 0 aromatic carbocycles. The lowest BCUT2D eigenvalue weighted by molar-refractivity contribution is -0.161. The van der Waals surface area contributed by atoms with E-state index < -0.39 is 97.5 Å². The lowest BCUT2D eigenvalue weighted by atomic mass is 10.1. The first-order chi connectivity index (χ1) is 47.7. The lowest BCUT2D eigenvalue weighted by Crippen LogP contribution is -2.30. The van der Waals surface area contributed by atoms with Crippen molar-refractivity contribution < 1.29 is 80.2 Å². The molecule has 98 heavy (non-hydrogen) atoms. The smallest absolute Gasteiger partial charge is 0.462 e. The minimum Gasteiger partial charge on any atom is -0.462 e. The Kier molecular flexibility index (Phi) is 68.9. The SMILES string of the molecule is CCCCC/C=C\C/C=C\CCCCCCCC(=O)O[C@H](COC(=O)CCCCCCC/C=C\C=C/CCCCCC)COP(=O)(O)OC[C@@H](O)COP(=O)(O)OC[C@@H](COC(=O)CCCCCCC/C=C\CCCCCC)OC(=O)CCCCCCC/C=C\C/C=C\CCCCC. The van der Waals surface area contributed by atoms with Crippen LogP contribution < -0.4 is 0 Å². The van der Waals surface area contributed by atoms with Crippen molar-refractivity contribution in [2.24, 2.45) is 0 Å². The molecule has 0 spiro atoms. The minimum absolute atomic E-state index is 0.0763. The molecule has 0 fully saturated rings. The van der Waals surface area contributed by atoms with Crippen LogP contribution in [0, 0.1) is 0 Å². The van der Waals surface area contributed by atoms with E-state index in [1.54, 1.807) is 0 Å². The number of phosphoric ester groups is 2. The van der Waals surface area contributed by atoms with E-state index in [9.17, 15) is 43.2 Å². The molecule has 0 aliphatic rings. The van der Waals surface area contributed by atoms with Crippen LogP contribution in [0.5, 0.6) is 0 Å². The first-order valence-electron chi connectivity index (χ1n) is 38.8. The second kappa shape index (κ2) is 71.6. The Morgan fingerprint density at radius 2 is 0.531 bits per heavy atom. The highest BCUT2D eigenvalue weighted by Gasteiger charge is 2.30. The zero-order valence-corrected chi connectivity index (χ0v) is 63.7. The number of aliphatic hydroxyl groups is 1. The number of carbonyl (C=O) groups excluding carboxylic acids is 4. The van der Waals surface area contributed by atoms with E-state index in [1.165, 1.54) is 89.9 Å². The second-order valence-electron chi connectivity index (χ2n) is 26.0. The summed E-state index contributed by atoms with van der Waals surface area (Å²) in [5, 5.41) is 10.6. The maximum absolute atomic E-state index is 13.1.